The van der Waals surface area contributed by atoms with Gasteiger partial charge in [0.2, 0.25) is 0 Å². The van der Waals surface area contributed by atoms with E-state index in [0.717, 1.165) is 0 Å². The van der Waals surface area contributed by atoms with Crippen LogP contribution in [0.4, 0.5) is 13.2 Å². The number of ether oxygens (including phenoxy) is 1. The number of aliphatic hydroxyl groups excluding tert-OH is 1. The molecule has 0 amide bonds. The van der Waals surface area contributed by atoms with Crippen LogP contribution in [0, 0.1) is 5.92 Å². The Bertz CT molecular complexity index is 99.6. The summed E-state index contributed by atoms with van der Waals surface area (Å²) in [5.74, 6) is -0.554. The zero-order valence-corrected chi connectivity index (χ0v) is 5.64. The van der Waals surface area contributed by atoms with E-state index in [1.54, 1.807) is 0 Å². The number of rotatable bonds is 2. The fourth-order valence-electron chi connectivity index (χ4n) is 0.273. The van der Waals surface area contributed by atoms with Crippen LogP contribution in [-0.2, 0) is 4.74 Å². The molecule has 0 aliphatic rings. The lowest BCUT2D eigenvalue weighted by Gasteiger charge is -2.16. The molecule has 0 aliphatic carbocycles. The molecule has 1 atom stereocenters. The van der Waals surface area contributed by atoms with E-state index < -0.39 is 18.6 Å². The third-order valence-electron chi connectivity index (χ3n) is 0.825. The molecule has 0 aliphatic heterocycles. The third kappa shape index (κ3) is 4.58. The highest BCUT2D eigenvalue weighted by molar-refractivity contribution is 4.46. The number of hydrogen-bond donors (Lipinski definition) is 1. The topological polar surface area (TPSA) is 29.5 Å². The molecular weight excluding hydrogens is 149 g/mol. The summed E-state index contributed by atoms with van der Waals surface area (Å²) in [4.78, 5) is 0. The Labute approximate surface area is 56.6 Å². The molecule has 0 saturated carbocycles. The first-order valence-corrected chi connectivity index (χ1v) is 2.75. The van der Waals surface area contributed by atoms with Gasteiger partial charge in [0.25, 0.3) is 0 Å². The summed E-state index contributed by atoms with van der Waals surface area (Å²) in [5, 5.41) is 8.52. The SMILES string of the molecule is CC(C)C(O)OC(F)(F)F. The van der Waals surface area contributed by atoms with Crippen LogP contribution in [0.5, 0.6) is 0 Å². The standard InChI is InChI=1S/C5H9F3O2/c1-3(2)4(9)10-5(6,7)8/h3-4,9H,1-2H3. The van der Waals surface area contributed by atoms with Crippen molar-refractivity contribution in [2.24, 2.45) is 5.92 Å². The van der Waals surface area contributed by atoms with Crippen molar-refractivity contribution < 1.29 is 23.0 Å². The molecule has 5 heteroatoms. The zero-order chi connectivity index (χ0) is 8.36. The molecule has 0 heterocycles. The van der Waals surface area contributed by atoms with Gasteiger partial charge in [-0.1, -0.05) is 13.8 Å². The molecule has 1 unspecified atom stereocenters. The molecule has 0 fully saturated rings. The summed E-state index contributed by atoms with van der Waals surface area (Å²) in [5.41, 5.74) is 0. The molecular formula is C5H9F3O2. The second kappa shape index (κ2) is 3.21. The zero-order valence-electron chi connectivity index (χ0n) is 5.64. The van der Waals surface area contributed by atoms with E-state index in [2.05, 4.69) is 4.74 Å². The van der Waals surface area contributed by atoms with E-state index in [9.17, 15) is 13.2 Å². The van der Waals surface area contributed by atoms with Crippen LogP contribution in [0.3, 0.4) is 0 Å². The van der Waals surface area contributed by atoms with Crippen LogP contribution < -0.4 is 0 Å². The van der Waals surface area contributed by atoms with Gasteiger partial charge in [-0.15, -0.1) is 13.2 Å². The second-order valence-electron chi connectivity index (χ2n) is 2.20. The van der Waals surface area contributed by atoms with Crippen molar-refractivity contribution >= 4 is 0 Å². The molecule has 0 aromatic carbocycles. The van der Waals surface area contributed by atoms with Crippen LogP contribution in [0.2, 0.25) is 0 Å². The van der Waals surface area contributed by atoms with Crippen LogP contribution in [0.25, 0.3) is 0 Å². The minimum Gasteiger partial charge on any atom is -0.367 e. The van der Waals surface area contributed by atoms with Crippen molar-refractivity contribution in [3.8, 4) is 0 Å². The monoisotopic (exact) mass is 158 g/mol. The normalized spacial score (nSPS) is 15.9. The minimum absolute atomic E-state index is 0.554. The first kappa shape index (κ1) is 9.71. The van der Waals surface area contributed by atoms with E-state index in [0.29, 0.717) is 0 Å². The lowest BCUT2D eigenvalue weighted by Crippen LogP contribution is -2.27. The predicted octanol–water partition coefficient (Wildman–Crippen LogP) is 1.50. The lowest BCUT2D eigenvalue weighted by molar-refractivity contribution is -0.378. The van der Waals surface area contributed by atoms with Gasteiger partial charge in [0.15, 0.2) is 6.29 Å². The second-order valence-corrected chi connectivity index (χ2v) is 2.20. The summed E-state index contributed by atoms with van der Waals surface area (Å²) in [6.45, 7) is 2.85. The summed E-state index contributed by atoms with van der Waals surface area (Å²) >= 11 is 0. The van der Waals surface area contributed by atoms with E-state index in [1.807, 2.05) is 0 Å². The van der Waals surface area contributed by atoms with Crippen LogP contribution in [0.1, 0.15) is 13.8 Å². The Morgan fingerprint density at radius 3 is 1.80 bits per heavy atom. The van der Waals surface area contributed by atoms with Crippen molar-refractivity contribution in [2.75, 3.05) is 0 Å². The van der Waals surface area contributed by atoms with Crippen molar-refractivity contribution in [3.05, 3.63) is 0 Å². The molecule has 0 radical (unpaired) electrons. The highest BCUT2D eigenvalue weighted by Gasteiger charge is 2.33. The van der Waals surface area contributed by atoms with Crippen LogP contribution in [0.15, 0.2) is 0 Å². The first-order valence-electron chi connectivity index (χ1n) is 2.75. The Kier molecular flexibility index (Phi) is 3.11. The molecule has 10 heavy (non-hydrogen) atoms. The first-order chi connectivity index (χ1) is 4.33. The van der Waals surface area contributed by atoms with Gasteiger partial charge in [0, 0.05) is 5.92 Å². The van der Waals surface area contributed by atoms with Crippen molar-refractivity contribution in [2.45, 2.75) is 26.5 Å². The average Bonchev–Trinajstić information content (AvgIpc) is 1.60. The van der Waals surface area contributed by atoms with Gasteiger partial charge in [0.1, 0.15) is 0 Å². The van der Waals surface area contributed by atoms with Gasteiger partial charge in [-0.3, -0.25) is 4.74 Å². The maximum Gasteiger partial charge on any atom is 0.524 e. The highest BCUT2D eigenvalue weighted by atomic mass is 19.4. The summed E-state index contributed by atoms with van der Waals surface area (Å²) in [6.07, 6.45) is -6.51. The van der Waals surface area contributed by atoms with Crippen LogP contribution >= 0.6 is 0 Å². The Morgan fingerprint density at radius 1 is 1.30 bits per heavy atom. The summed E-state index contributed by atoms with van der Waals surface area (Å²) < 4.78 is 37.1. The van der Waals surface area contributed by atoms with Crippen molar-refractivity contribution in [3.63, 3.8) is 0 Å². The molecule has 2 nitrogen and oxygen atoms in total. The average molecular weight is 158 g/mol. The molecule has 0 spiro atoms. The number of halogens is 3. The predicted molar refractivity (Wildman–Crippen MR) is 28.0 cm³/mol. The largest absolute Gasteiger partial charge is 0.524 e. The van der Waals surface area contributed by atoms with E-state index in [4.69, 9.17) is 5.11 Å². The lowest BCUT2D eigenvalue weighted by atomic mass is 10.2. The summed E-state index contributed by atoms with van der Waals surface area (Å²) in [7, 11) is 0. The van der Waals surface area contributed by atoms with E-state index in [1.165, 1.54) is 13.8 Å². The van der Waals surface area contributed by atoms with Gasteiger partial charge < -0.3 is 5.11 Å². The van der Waals surface area contributed by atoms with Gasteiger partial charge in [0.05, 0.1) is 0 Å². The molecule has 0 aromatic heterocycles. The quantitative estimate of drug-likeness (QED) is 0.617. The van der Waals surface area contributed by atoms with Crippen molar-refractivity contribution in [1.82, 2.24) is 0 Å². The fourth-order valence-corrected chi connectivity index (χ4v) is 0.273. The van der Waals surface area contributed by atoms with Gasteiger partial charge in [-0.25, -0.2) is 0 Å². The molecule has 0 bridgehead atoms. The summed E-state index contributed by atoms with van der Waals surface area (Å²) in [6, 6.07) is 0. The number of aliphatic hydroxyl groups is 1. The maximum absolute atomic E-state index is 11.3. The molecule has 1 N–H and O–H groups in total. The molecule has 0 saturated heterocycles. The van der Waals surface area contributed by atoms with Crippen LogP contribution in [-0.4, -0.2) is 17.8 Å². The third-order valence-corrected chi connectivity index (χ3v) is 0.825. The van der Waals surface area contributed by atoms with Gasteiger partial charge in [-0.2, -0.15) is 0 Å². The van der Waals surface area contributed by atoms with E-state index in [-0.39, 0.29) is 0 Å². The fraction of sp³-hybridized carbons (Fsp3) is 1.00. The molecule has 62 valence electrons. The van der Waals surface area contributed by atoms with Gasteiger partial charge >= 0.3 is 6.36 Å². The minimum atomic E-state index is -4.75. The van der Waals surface area contributed by atoms with Crippen molar-refractivity contribution in [1.29, 1.82) is 0 Å². The highest BCUT2D eigenvalue weighted by Crippen LogP contribution is 2.20. The molecule has 0 aromatic rings. The molecule has 0 rings (SSSR count). The Hall–Kier alpha value is -0.290. The van der Waals surface area contributed by atoms with Gasteiger partial charge in [-0.05, 0) is 0 Å². The maximum atomic E-state index is 11.3. The smallest absolute Gasteiger partial charge is 0.367 e. The number of alkyl halides is 3. The van der Waals surface area contributed by atoms with E-state index >= 15 is 0 Å². The number of hydrogen-bond acceptors (Lipinski definition) is 2. The Balaban J connectivity index is 3.68. The Morgan fingerprint density at radius 2 is 1.70 bits per heavy atom.